The quantitative estimate of drug-likeness (QED) is 0.522. The Bertz CT molecular complexity index is 974. The van der Waals surface area contributed by atoms with Crippen molar-refractivity contribution in [3.63, 3.8) is 0 Å². The Morgan fingerprint density at radius 2 is 1.68 bits per heavy atom. The molecule has 2 atom stereocenters. The first kappa shape index (κ1) is 21.6. The molecule has 2 aromatic carbocycles. The van der Waals surface area contributed by atoms with Crippen molar-refractivity contribution < 1.29 is 4.79 Å². The molecule has 0 radical (unpaired) electrons. The minimum absolute atomic E-state index is 0.0858. The Morgan fingerprint density at radius 3 is 2.39 bits per heavy atom. The molecule has 0 bridgehead atoms. The van der Waals surface area contributed by atoms with E-state index in [4.69, 9.17) is 0 Å². The third kappa shape index (κ3) is 5.97. The van der Waals surface area contributed by atoms with Crippen LogP contribution in [0.2, 0.25) is 0 Å². The summed E-state index contributed by atoms with van der Waals surface area (Å²) in [5.41, 5.74) is 2.39. The number of nitrogens with one attached hydrogen (secondary N) is 1. The molecule has 1 aromatic heterocycles. The van der Waals surface area contributed by atoms with Crippen LogP contribution in [0.15, 0.2) is 65.8 Å². The second-order valence-corrected chi connectivity index (χ2v) is 9.30. The van der Waals surface area contributed by atoms with Crippen molar-refractivity contribution in [2.75, 3.05) is 5.75 Å². The largest absolute Gasteiger partial charge is 0.352 e. The zero-order valence-electron chi connectivity index (χ0n) is 18.0. The van der Waals surface area contributed by atoms with Gasteiger partial charge in [-0.1, -0.05) is 92.2 Å². The number of rotatable bonds is 8. The SMILES string of the molecule is C[C@H]1CCCC[C@H]1NC(=O)CSc1nnc(Cc2ccccc2)n1Cc1ccccc1. The Kier molecular flexibility index (Phi) is 7.41. The molecular weight excluding hydrogens is 404 g/mol. The maximum atomic E-state index is 12.6. The van der Waals surface area contributed by atoms with E-state index in [1.54, 1.807) is 0 Å². The maximum Gasteiger partial charge on any atom is 0.230 e. The first-order valence-electron chi connectivity index (χ1n) is 11.1. The minimum Gasteiger partial charge on any atom is -0.352 e. The highest BCUT2D eigenvalue weighted by Crippen LogP contribution is 2.24. The molecule has 162 valence electrons. The summed E-state index contributed by atoms with van der Waals surface area (Å²) >= 11 is 1.47. The normalized spacial score (nSPS) is 18.6. The van der Waals surface area contributed by atoms with Crippen molar-refractivity contribution in [3.05, 3.63) is 77.6 Å². The number of hydrogen-bond donors (Lipinski definition) is 1. The molecule has 6 heteroatoms. The van der Waals surface area contributed by atoms with Crippen molar-refractivity contribution in [3.8, 4) is 0 Å². The zero-order valence-corrected chi connectivity index (χ0v) is 18.9. The molecule has 1 fully saturated rings. The Hall–Kier alpha value is -2.60. The van der Waals surface area contributed by atoms with E-state index in [0.29, 0.717) is 30.7 Å². The summed E-state index contributed by atoms with van der Waals surface area (Å²) < 4.78 is 2.14. The van der Waals surface area contributed by atoms with Gasteiger partial charge in [-0.2, -0.15) is 0 Å². The van der Waals surface area contributed by atoms with Gasteiger partial charge in [-0.05, 0) is 29.9 Å². The van der Waals surface area contributed by atoms with Gasteiger partial charge in [-0.3, -0.25) is 4.79 Å². The van der Waals surface area contributed by atoms with Crippen LogP contribution in [-0.4, -0.2) is 32.5 Å². The Morgan fingerprint density at radius 1 is 1.00 bits per heavy atom. The summed E-state index contributed by atoms with van der Waals surface area (Å²) in [6, 6.07) is 20.9. The Labute approximate surface area is 188 Å². The summed E-state index contributed by atoms with van der Waals surface area (Å²) in [5, 5.41) is 12.9. The molecule has 1 N–H and O–H groups in total. The fourth-order valence-corrected chi connectivity index (χ4v) is 4.94. The maximum absolute atomic E-state index is 12.6. The third-order valence-electron chi connectivity index (χ3n) is 5.97. The highest BCUT2D eigenvalue weighted by atomic mass is 32.2. The van der Waals surface area contributed by atoms with Gasteiger partial charge in [0.1, 0.15) is 5.82 Å². The molecule has 31 heavy (non-hydrogen) atoms. The summed E-state index contributed by atoms with van der Waals surface area (Å²) in [6.45, 7) is 2.93. The van der Waals surface area contributed by atoms with Gasteiger partial charge in [0, 0.05) is 12.5 Å². The van der Waals surface area contributed by atoms with E-state index in [1.165, 1.54) is 42.2 Å². The van der Waals surface area contributed by atoms with Crippen LogP contribution in [0.25, 0.3) is 0 Å². The number of benzene rings is 2. The first-order chi connectivity index (χ1) is 15.2. The van der Waals surface area contributed by atoms with Crippen molar-refractivity contribution >= 4 is 17.7 Å². The number of nitrogens with zero attached hydrogens (tertiary/aromatic N) is 3. The fraction of sp³-hybridized carbons (Fsp3) is 0.400. The van der Waals surface area contributed by atoms with E-state index in [1.807, 2.05) is 36.4 Å². The summed E-state index contributed by atoms with van der Waals surface area (Å²) in [5.74, 6) is 1.92. The smallest absolute Gasteiger partial charge is 0.230 e. The lowest BCUT2D eigenvalue weighted by molar-refractivity contribution is -0.119. The lowest BCUT2D eigenvalue weighted by Gasteiger charge is -2.29. The average Bonchev–Trinajstić information content (AvgIpc) is 3.16. The monoisotopic (exact) mass is 434 g/mol. The fourth-order valence-electron chi connectivity index (χ4n) is 4.17. The number of amides is 1. The van der Waals surface area contributed by atoms with E-state index in [2.05, 4.69) is 51.3 Å². The van der Waals surface area contributed by atoms with Gasteiger partial charge in [0.15, 0.2) is 5.16 Å². The van der Waals surface area contributed by atoms with Gasteiger partial charge in [0.25, 0.3) is 0 Å². The van der Waals surface area contributed by atoms with Gasteiger partial charge >= 0.3 is 0 Å². The highest BCUT2D eigenvalue weighted by molar-refractivity contribution is 7.99. The van der Waals surface area contributed by atoms with E-state index in [0.717, 1.165) is 17.4 Å². The van der Waals surface area contributed by atoms with Crippen LogP contribution in [0.3, 0.4) is 0 Å². The molecule has 1 aliphatic rings. The third-order valence-corrected chi connectivity index (χ3v) is 6.94. The van der Waals surface area contributed by atoms with E-state index < -0.39 is 0 Å². The van der Waals surface area contributed by atoms with Crippen molar-refractivity contribution in [2.45, 2.75) is 56.8 Å². The zero-order chi connectivity index (χ0) is 21.5. The van der Waals surface area contributed by atoms with Gasteiger partial charge in [0.2, 0.25) is 5.91 Å². The van der Waals surface area contributed by atoms with Crippen LogP contribution in [0.4, 0.5) is 0 Å². The van der Waals surface area contributed by atoms with Crippen LogP contribution >= 0.6 is 11.8 Å². The molecule has 1 heterocycles. The van der Waals surface area contributed by atoms with Gasteiger partial charge in [0.05, 0.1) is 12.3 Å². The van der Waals surface area contributed by atoms with Gasteiger partial charge < -0.3 is 9.88 Å². The lowest BCUT2D eigenvalue weighted by atomic mass is 9.86. The molecule has 0 unspecified atom stereocenters. The molecule has 0 aliphatic heterocycles. The summed E-state index contributed by atoms with van der Waals surface area (Å²) in [4.78, 5) is 12.6. The number of carbonyl (C=O) groups excluding carboxylic acids is 1. The van der Waals surface area contributed by atoms with E-state index >= 15 is 0 Å². The Balaban J connectivity index is 1.46. The highest BCUT2D eigenvalue weighted by Gasteiger charge is 2.23. The molecule has 1 saturated carbocycles. The van der Waals surface area contributed by atoms with Crippen LogP contribution in [0, 0.1) is 5.92 Å². The number of hydrogen-bond acceptors (Lipinski definition) is 4. The van der Waals surface area contributed by atoms with Crippen LogP contribution in [0.1, 0.15) is 49.6 Å². The van der Waals surface area contributed by atoms with Gasteiger partial charge in [-0.15, -0.1) is 10.2 Å². The standard InChI is InChI=1S/C25H30N4OS/c1-19-10-8-9-15-22(19)26-24(30)18-31-25-28-27-23(16-20-11-4-2-5-12-20)29(25)17-21-13-6-3-7-14-21/h2-7,11-14,19,22H,8-10,15-18H2,1H3,(H,26,30)/t19-,22+/m0/s1. The predicted octanol–water partition coefficient (Wildman–Crippen LogP) is 4.70. The average molecular weight is 435 g/mol. The number of aromatic nitrogens is 3. The molecule has 4 rings (SSSR count). The van der Waals surface area contributed by atoms with E-state index in [-0.39, 0.29) is 5.91 Å². The molecule has 1 amide bonds. The molecule has 5 nitrogen and oxygen atoms in total. The summed E-state index contributed by atoms with van der Waals surface area (Å²) in [6.07, 6.45) is 5.48. The molecule has 1 aliphatic carbocycles. The summed E-state index contributed by atoms with van der Waals surface area (Å²) in [7, 11) is 0. The predicted molar refractivity (Wildman–Crippen MR) is 125 cm³/mol. The van der Waals surface area contributed by atoms with Crippen LogP contribution in [0.5, 0.6) is 0 Å². The van der Waals surface area contributed by atoms with Crippen molar-refractivity contribution in [1.29, 1.82) is 0 Å². The second-order valence-electron chi connectivity index (χ2n) is 8.36. The topological polar surface area (TPSA) is 59.8 Å². The van der Waals surface area contributed by atoms with Crippen molar-refractivity contribution in [1.82, 2.24) is 20.1 Å². The number of carbonyl (C=O) groups is 1. The van der Waals surface area contributed by atoms with Crippen LogP contribution in [-0.2, 0) is 17.8 Å². The molecular formula is C25H30N4OS. The second kappa shape index (κ2) is 10.6. The first-order valence-corrected chi connectivity index (χ1v) is 12.1. The van der Waals surface area contributed by atoms with E-state index in [9.17, 15) is 4.79 Å². The number of thioether (sulfide) groups is 1. The van der Waals surface area contributed by atoms with Crippen LogP contribution < -0.4 is 5.32 Å². The van der Waals surface area contributed by atoms with Crippen molar-refractivity contribution in [2.24, 2.45) is 5.92 Å². The molecule has 3 aromatic rings. The lowest BCUT2D eigenvalue weighted by Crippen LogP contribution is -2.41. The van der Waals surface area contributed by atoms with Gasteiger partial charge in [-0.25, -0.2) is 0 Å². The molecule has 0 saturated heterocycles. The minimum atomic E-state index is 0.0858. The molecule has 0 spiro atoms.